The number of rotatable bonds is 9. The first kappa shape index (κ1) is 20.0. The molecule has 6 heteroatoms. The summed E-state index contributed by atoms with van der Waals surface area (Å²) >= 11 is 0. The van der Waals surface area contributed by atoms with Crippen molar-refractivity contribution in [3.05, 3.63) is 23.8 Å². The number of carbonyl (C=O) groups is 1. The van der Waals surface area contributed by atoms with Crippen LogP contribution in [-0.2, 0) is 16.0 Å². The molecule has 150 valence electrons. The van der Waals surface area contributed by atoms with Crippen molar-refractivity contribution in [2.24, 2.45) is 5.92 Å². The van der Waals surface area contributed by atoms with E-state index in [0.717, 1.165) is 56.2 Å². The Labute approximate surface area is 162 Å². The fourth-order valence-corrected chi connectivity index (χ4v) is 4.00. The molecule has 0 aliphatic carbocycles. The van der Waals surface area contributed by atoms with Crippen LogP contribution in [0.15, 0.2) is 18.2 Å². The third-order valence-electron chi connectivity index (χ3n) is 5.69. The smallest absolute Gasteiger partial charge is 0.231 e. The fourth-order valence-electron chi connectivity index (χ4n) is 4.00. The number of nitrogens with zero attached hydrogens (tertiary/aromatic N) is 1. The van der Waals surface area contributed by atoms with Gasteiger partial charge in [-0.1, -0.05) is 32.8 Å². The molecule has 27 heavy (non-hydrogen) atoms. The molecule has 0 radical (unpaired) electrons. The molecule has 3 rings (SSSR count). The Hall–Kier alpha value is -1.79. The first-order chi connectivity index (χ1) is 13.2. The second-order valence-electron chi connectivity index (χ2n) is 7.28. The quantitative estimate of drug-likeness (QED) is 0.718. The van der Waals surface area contributed by atoms with Gasteiger partial charge in [0.1, 0.15) is 0 Å². The molecule has 1 aromatic carbocycles. The predicted octanol–water partition coefficient (Wildman–Crippen LogP) is 2.60. The number of aryl methyl sites for hydroxylation is 1. The van der Waals surface area contributed by atoms with Crippen molar-refractivity contribution in [1.29, 1.82) is 0 Å². The van der Waals surface area contributed by atoms with Crippen molar-refractivity contribution in [3.63, 3.8) is 0 Å². The topological polar surface area (TPSA) is 60.0 Å². The van der Waals surface area contributed by atoms with E-state index >= 15 is 0 Å². The van der Waals surface area contributed by atoms with E-state index in [2.05, 4.69) is 24.1 Å². The van der Waals surface area contributed by atoms with Crippen LogP contribution < -0.4 is 14.8 Å². The molecule has 1 fully saturated rings. The highest BCUT2D eigenvalue weighted by Crippen LogP contribution is 2.32. The van der Waals surface area contributed by atoms with Gasteiger partial charge in [0.05, 0.1) is 13.2 Å². The number of amides is 1. The maximum atomic E-state index is 12.4. The van der Waals surface area contributed by atoms with Gasteiger partial charge in [0, 0.05) is 32.1 Å². The number of carbonyl (C=O) groups excluding carboxylic acids is 1. The van der Waals surface area contributed by atoms with Gasteiger partial charge in [0.15, 0.2) is 11.5 Å². The van der Waals surface area contributed by atoms with Crippen LogP contribution in [0.3, 0.4) is 0 Å². The Balaban J connectivity index is 1.49. The van der Waals surface area contributed by atoms with Gasteiger partial charge in [0.2, 0.25) is 12.7 Å². The van der Waals surface area contributed by atoms with Gasteiger partial charge in [-0.05, 0) is 30.0 Å². The third kappa shape index (κ3) is 5.36. The molecular weight excluding hydrogens is 344 g/mol. The lowest BCUT2D eigenvalue weighted by molar-refractivity contribution is -0.121. The van der Waals surface area contributed by atoms with Crippen LogP contribution in [0.4, 0.5) is 0 Å². The second kappa shape index (κ2) is 9.95. The summed E-state index contributed by atoms with van der Waals surface area (Å²) in [5.41, 5.74) is 1.10. The molecule has 0 bridgehead atoms. The summed E-state index contributed by atoms with van der Waals surface area (Å²) in [6.45, 7) is 8.95. The summed E-state index contributed by atoms with van der Waals surface area (Å²) in [7, 11) is 0. The van der Waals surface area contributed by atoms with E-state index in [1.54, 1.807) is 0 Å². The minimum atomic E-state index is 0.108. The number of fused-ring (bicyclic) bond motifs is 1. The molecule has 1 saturated heterocycles. The standard InChI is InChI=1S/C21H32N2O4/c1-3-17(4-2)18(23-9-11-25-12-10-23)14-22-21(24)8-6-16-5-7-19-20(13-16)27-15-26-19/h5,7,13,17-18H,3-4,6,8-12,14-15H2,1-2H3,(H,22,24)/t18-/m1/s1. The first-order valence-electron chi connectivity index (χ1n) is 10.2. The average molecular weight is 376 g/mol. The van der Waals surface area contributed by atoms with Gasteiger partial charge < -0.3 is 19.5 Å². The van der Waals surface area contributed by atoms with Crippen LogP contribution in [0.5, 0.6) is 11.5 Å². The Morgan fingerprint density at radius 2 is 1.89 bits per heavy atom. The van der Waals surface area contributed by atoms with Crippen LogP contribution >= 0.6 is 0 Å². The highest BCUT2D eigenvalue weighted by molar-refractivity contribution is 5.76. The van der Waals surface area contributed by atoms with Gasteiger partial charge >= 0.3 is 0 Å². The van der Waals surface area contributed by atoms with Crippen molar-refractivity contribution in [3.8, 4) is 11.5 Å². The Morgan fingerprint density at radius 1 is 1.15 bits per heavy atom. The minimum absolute atomic E-state index is 0.108. The molecule has 0 unspecified atom stereocenters. The maximum absolute atomic E-state index is 12.4. The molecule has 1 aromatic rings. The van der Waals surface area contributed by atoms with E-state index in [0.29, 0.717) is 31.3 Å². The van der Waals surface area contributed by atoms with E-state index < -0.39 is 0 Å². The van der Waals surface area contributed by atoms with Gasteiger partial charge in [0.25, 0.3) is 0 Å². The molecule has 0 saturated carbocycles. The second-order valence-corrected chi connectivity index (χ2v) is 7.28. The molecule has 0 spiro atoms. The maximum Gasteiger partial charge on any atom is 0.231 e. The van der Waals surface area contributed by atoms with Crippen LogP contribution in [0, 0.1) is 5.92 Å². The fraction of sp³-hybridized carbons (Fsp3) is 0.667. The van der Waals surface area contributed by atoms with E-state index in [1.165, 1.54) is 0 Å². The summed E-state index contributed by atoms with van der Waals surface area (Å²) in [5, 5.41) is 3.17. The van der Waals surface area contributed by atoms with Gasteiger partial charge in [-0.3, -0.25) is 9.69 Å². The van der Waals surface area contributed by atoms with Crippen molar-refractivity contribution in [2.75, 3.05) is 39.6 Å². The lowest BCUT2D eigenvalue weighted by Gasteiger charge is -2.38. The SMILES string of the molecule is CCC(CC)[C@@H](CNC(=O)CCc1ccc2c(c1)OCO2)N1CCOCC1. The Kier molecular flexibility index (Phi) is 7.35. The summed E-state index contributed by atoms with van der Waals surface area (Å²) in [6.07, 6.45) is 3.45. The van der Waals surface area contributed by atoms with Crippen LogP contribution in [0.1, 0.15) is 38.7 Å². The van der Waals surface area contributed by atoms with E-state index in [9.17, 15) is 4.79 Å². The number of hydrogen-bond acceptors (Lipinski definition) is 5. The largest absolute Gasteiger partial charge is 0.454 e. The molecule has 2 aliphatic rings. The number of ether oxygens (including phenoxy) is 3. The van der Waals surface area contributed by atoms with Gasteiger partial charge in [-0.2, -0.15) is 0 Å². The third-order valence-corrected chi connectivity index (χ3v) is 5.69. The highest BCUT2D eigenvalue weighted by Gasteiger charge is 2.27. The monoisotopic (exact) mass is 376 g/mol. The molecule has 0 aromatic heterocycles. The van der Waals surface area contributed by atoms with Gasteiger partial charge in [-0.15, -0.1) is 0 Å². The number of morpholine rings is 1. The zero-order valence-electron chi connectivity index (χ0n) is 16.5. The Morgan fingerprint density at radius 3 is 2.63 bits per heavy atom. The van der Waals surface area contributed by atoms with Crippen LogP contribution in [0.25, 0.3) is 0 Å². The number of nitrogens with one attached hydrogen (secondary N) is 1. The lowest BCUT2D eigenvalue weighted by Crippen LogP contribution is -2.52. The Bertz CT molecular complexity index is 612. The molecular formula is C21H32N2O4. The predicted molar refractivity (Wildman–Crippen MR) is 104 cm³/mol. The summed E-state index contributed by atoms with van der Waals surface area (Å²) < 4.78 is 16.2. The van der Waals surface area contributed by atoms with Gasteiger partial charge in [-0.25, -0.2) is 0 Å². The summed E-state index contributed by atoms with van der Waals surface area (Å²) in [6, 6.07) is 6.27. The zero-order chi connectivity index (χ0) is 19.1. The van der Waals surface area contributed by atoms with E-state index in [-0.39, 0.29) is 12.7 Å². The molecule has 1 N–H and O–H groups in total. The number of hydrogen-bond donors (Lipinski definition) is 1. The summed E-state index contributed by atoms with van der Waals surface area (Å²) in [4.78, 5) is 14.9. The minimum Gasteiger partial charge on any atom is -0.454 e. The van der Waals surface area contributed by atoms with Crippen molar-refractivity contribution >= 4 is 5.91 Å². The van der Waals surface area contributed by atoms with E-state index in [1.807, 2.05) is 18.2 Å². The van der Waals surface area contributed by atoms with Crippen molar-refractivity contribution in [2.45, 2.75) is 45.6 Å². The normalized spacial score (nSPS) is 17.9. The molecule has 1 amide bonds. The van der Waals surface area contributed by atoms with E-state index in [4.69, 9.17) is 14.2 Å². The first-order valence-corrected chi connectivity index (χ1v) is 10.2. The average Bonchev–Trinajstić information content (AvgIpc) is 3.18. The van der Waals surface area contributed by atoms with Crippen LogP contribution in [-0.4, -0.2) is 56.5 Å². The number of benzene rings is 1. The van der Waals surface area contributed by atoms with Crippen LogP contribution in [0.2, 0.25) is 0 Å². The van der Waals surface area contributed by atoms with Crippen molar-refractivity contribution in [1.82, 2.24) is 10.2 Å². The summed E-state index contributed by atoms with van der Waals surface area (Å²) in [5.74, 6) is 2.25. The molecule has 2 heterocycles. The molecule has 6 nitrogen and oxygen atoms in total. The zero-order valence-corrected chi connectivity index (χ0v) is 16.5. The highest BCUT2D eigenvalue weighted by atomic mass is 16.7. The molecule has 2 aliphatic heterocycles. The lowest BCUT2D eigenvalue weighted by atomic mass is 9.92. The molecule has 1 atom stereocenters. The van der Waals surface area contributed by atoms with Crippen molar-refractivity contribution < 1.29 is 19.0 Å².